The third kappa shape index (κ3) is 7.13. The summed E-state index contributed by atoms with van der Waals surface area (Å²) in [6, 6.07) is -0.154. The van der Waals surface area contributed by atoms with Crippen molar-refractivity contribution in [1.29, 1.82) is 0 Å². The number of carbonyl (C=O) groups excluding carboxylic acids is 3. The number of morpholine rings is 1. The number of ether oxygens (including phenoxy) is 4. The Morgan fingerprint density at radius 3 is 2.71 bits per heavy atom. The fourth-order valence-corrected chi connectivity index (χ4v) is 4.18. The summed E-state index contributed by atoms with van der Waals surface area (Å²) in [5.74, 6) is 0.262. The Balaban J connectivity index is 1.31. The van der Waals surface area contributed by atoms with Gasteiger partial charge in [-0.25, -0.2) is 14.4 Å². The molecular formula is C20H34N4O7. The highest BCUT2D eigenvalue weighted by atomic mass is 16.6. The van der Waals surface area contributed by atoms with E-state index in [9.17, 15) is 14.4 Å². The quantitative estimate of drug-likeness (QED) is 0.624. The zero-order valence-corrected chi connectivity index (χ0v) is 18.3. The molecule has 11 nitrogen and oxygen atoms in total. The predicted molar refractivity (Wildman–Crippen MR) is 110 cm³/mol. The minimum Gasteiger partial charge on any atom is -0.446 e. The van der Waals surface area contributed by atoms with Gasteiger partial charge in [-0.3, -0.25) is 0 Å². The van der Waals surface area contributed by atoms with E-state index < -0.39 is 6.09 Å². The van der Waals surface area contributed by atoms with Gasteiger partial charge < -0.3 is 39.4 Å². The van der Waals surface area contributed by atoms with E-state index in [0.29, 0.717) is 45.9 Å². The van der Waals surface area contributed by atoms with Crippen LogP contribution in [0.3, 0.4) is 0 Å². The summed E-state index contributed by atoms with van der Waals surface area (Å²) < 4.78 is 21.8. The van der Waals surface area contributed by atoms with Gasteiger partial charge in [0.1, 0.15) is 12.2 Å². The Morgan fingerprint density at radius 1 is 1.13 bits per heavy atom. The molecular weight excluding hydrogens is 408 g/mol. The molecule has 31 heavy (non-hydrogen) atoms. The first-order valence-corrected chi connectivity index (χ1v) is 11.0. The van der Waals surface area contributed by atoms with E-state index in [1.54, 1.807) is 23.9 Å². The number of rotatable bonds is 6. The normalized spacial score (nSPS) is 28.1. The first-order chi connectivity index (χ1) is 14.9. The van der Waals surface area contributed by atoms with Crippen LogP contribution in [0.4, 0.5) is 14.4 Å². The fraction of sp³-hybridized carbons (Fsp3) is 0.850. The maximum atomic E-state index is 12.2. The van der Waals surface area contributed by atoms with E-state index in [-0.39, 0.29) is 42.9 Å². The summed E-state index contributed by atoms with van der Waals surface area (Å²) in [5.41, 5.74) is 0. The summed E-state index contributed by atoms with van der Waals surface area (Å²) in [5, 5.41) is 5.32. The molecule has 0 bridgehead atoms. The maximum Gasteiger partial charge on any atom is 0.409 e. The van der Waals surface area contributed by atoms with E-state index >= 15 is 0 Å². The SMILES string of the molecule is CNC(=O)N1CCOC(CNC(=O)OC2CCC(CN(C)C(=O)OC3CCOC3)C2)C1. The van der Waals surface area contributed by atoms with Gasteiger partial charge in [-0.05, 0) is 25.2 Å². The Hall–Kier alpha value is -2.27. The number of nitrogens with zero attached hydrogens (tertiary/aromatic N) is 2. The van der Waals surface area contributed by atoms with Crippen molar-refractivity contribution >= 4 is 18.2 Å². The molecule has 3 fully saturated rings. The Labute approximate surface area is 182 Å². The summed E-state index contributed by atoms with van der Waals surface area (Å²) in [4.78, 5) is 39.3. The van der Waals surface area contributed by atoms with E-state index in [1.165, 1.54) is 0 Å². The first-order valence-electron chi connectivity index (χ1n) is 11.0. The first kappa shape index (κ1) is 23.4. The van der Waals surface area contributed by atoms with Gasteiger partial charge in [-0.1, -0.05) is 0 Å². The number of urea groups is 1. The average molecular weight is 443 g/mol. The second-order valence-electron chi connectivity index (χ2n) is 8.33. The molecule has 4 amide bonds. The minimum absolute atomic E-state index is 0.154. The lowest BCUT2D eigenvalue weighted by Gasteiger charge is -2.32. The zero-order valence-electron chi connectivity index (χ0n) is 18.3. The monoisotopic (exact) mass is 442 g/mol. The molecule has 4 unspecified atom stereocenters. The van der Waals surface area contributed by atoms with Crippen LogP contribution in [0.25, 0.3) is 0 Å². The largest absolute Gasteiger partial charge is 0.446 e. The minimum atomic E-state index is -0.486. The molecule has 2 N–H and O–H groups in total. The molecule has 0 radical (unpaired) electrons. The highest BCUT2D eigenvalue weighted by Crippen LogP contribution is 2.28. The van der Waals surface area contributed by atoms with Crippen molar-refractivity contribution in [3.63, 3.8) is 0 Å². The van der Waals surface area contributed by atoms with Gasteiger partial charge in [0, 0.05) is 40.2 Å². The van der Waals surface area contributed by atoms with E-state index in [4.69, 9.17) is 18.9 Å². The van der Waals surface area contributed by atoms with Crippen molar-refractivity contribution in [3.05, 3.63) is 0 Å². The Morgan fingerprint density at radius 2 is 1.97 bits per heavy atom. The van der Waals surface area contributed by atoms with E-state index in [1.807, 2.05) is 0 Å². The fourth-order valence-electron chi connectivity index (χ4n) is 4.18. The topological polar surface area (TPSA) is 119 Å². The van der Waals surface area contributed by atoms with Crippen LogP contribution in [-0.2, 0) is 18.9 Å². The van der Waals surface area contributed by atoms with Crippen molar-refractivity contribution in [2.24, 2.45) is 5.92 Å². The Bertz CT molecular complexity index is 629. The zero-order chi connectivity index (χ0) is 22.2. The molecule has 1 aliphatic carbocycles. The van der Waals surface area contributed by atoms with Gasteiger partial charge in [-0.15, -0.1) is 0 Å². The molecule has 2 saturated heterocycles. The maximum absolute atomic E-state index is 12.2. The van der Waals surface area contributed by atoms with Crippen molar-refractivity contribution < 1.29 is 33.3 Å². The lowest BCUT2D eigenvalue weighted by molar-refractivity contribution is -0.0132. The summed E-state index contributed by atoms with van der Waals surface area (Å²) in [6.07, 6.45) is 1.68. The molecule has 2 heterocycles. The number of hydrogen-bond donors (Lipinski definition) is 2. The van der Waals surface area contributed by atoms with Crippen LogP contribution in [0.5, 0.6) is 0 Å². The van der Waals surface area contributed by atoms with E-state index in [2.05, 4.69) is 10.6 Å². The standard InChI is InChI=1S/C20H34N4O7/c1-21-18(25)24-6-8-29-17(12-24)10-22-19(26)30-15-4-3-14(9-15)11-23(2)20(27)31-16-5-7-28-13-16/h14-17H,3-13H2,1-2H3,(H,21,25)(H,22,26). The van der Waals surface area contributed by atoms with Gasteiger partial charge in [-0.2, -0.15) is 0 Å². The predicted octanol–water partition coefficient (Wildman–Crippen LogP) is 0.779. The van der Waals surface area contributed by atoms with Crippen LogP contribution in [0, 0.1) is 5.92 Å². The van der Waals surface area contributed by atoms with Crippen LogP contribution < -0.4 is 10.6 Å². The second kappa shape index (κ2) is 11.4. The van der Waals surface area contributed by atoms with Gasteiger partial charge >= 0.3 is 18.2 Å². The van der Waals surface area contributed by atoms with Crippen molar-refractivity contribution in [3.8, 4) is 0 Å². The van der Waals surface area contributed by atoms with Crippen molar-refractivity contribution in [2.75, 3.05) is 60.1 Å². The molecule has 0 aromatic heterocycles. The number of nitrogens with one attached hydrogen (secondary N) is 2. The van der Waals surface area contributed by atoms with Gasteiger partial charge in [0.05, 0.1) is 32.5 Å². The number of amides is 4. The number of carbonyl (C=O) groups is 3. The van der Waals surface area contributed by atoms with Crippen LogP contribution in [0.15, 0.2) is 0 Å². The highest BCUT2D eigenvalue weighted by Gasteiger charge is 2.31. The number of alkyl carbamates (subject to hydrolysis) is 1. The van der Waals surface area contributed by atoms with Crippen LogP contribution >= 0.6 is 0 Å². The molecule has 2 aliphatic heterocycles. The number of hydrogen-bond acceptors (Lipinski definition) is 7. The molecule has 4 atom stereocenters. The van der Waals surface area contributed by atoms with Gasteiger partial charge in [0.25, 0.3) is 0 Å². The molecule has 11 heteroatoms. The van der Waals surface area contributed by atoms with Gasteiger partial charge in [0.2, 0.25) is 0 Å². The third-order valence-corrected chi connectivity index (χ3v) is 5.88. The van der Waals surface area contributed by atoms with E-state index in [0.717, 1.165) is 19.3 Å². The summed E-state index contributed by atoms with van der Waals surface area (Å²) in [7, 11) is 3.31. The Kier molecular flexibility index (Phi) is 8.59. The smallest absolute Gasteiger partial charge is 0.409 e. The highest BCUT2D eigenvalue weighted by molar-refractivity contribution is 5.74. The molecule has 0 spiro atoms. The molecule has 0 aromatic carbocycles. The lowest BCUT2D eigenvalue weighted by atomic mass is 10.1. The average Bonchev–Trinajstić information content (AvgIpc) is 3.44. The van der Waals surface area contributed by atoms with Crippen LogP contribution in [0.1, 0.15) is 25.7 Å². The van der Waals surface area contributed by atoms with Crippen LogP contribution in [-0.4, -0.2) is 106 Å². The van der Waals surface area contributed by atoms with Gasteiger partial charge in [0.15, 0.2) is 0 Å². The second-order valence-corrected chi connectivity index (χ2v) is 8.33. The van der Waals surface area contributed by atoms with Crippen LogP contribution in [0.2, 0.25) is 0 Å². The molecule has 1 saturated carbocycles. The molecule has 3 aliphatic rings. The summed E-state index contributed by atoms with van der Waals surface area (Å²) >= 11 is 0. The third-order valence-electron chi connectivity index (χ3n) is 5.88. The van der Waals surface area contributed by atoms with Crippen molar-refractivity contribution in [1.82, 2.24) is 20.4 Å². The molecule has 0 aromatic rings. The van der Waals surface area contributed by atoms with Crippen molar-refractivity contribution in [2.45, 2.75) is 44.0 Å². The lowest BCUT2D eigenvalue weighted by Crippen LogP contribution is -2.52. The molecule has 176 valence electrons. The molecule has 3 rings (SSSR count). The summed E-state index contributed by atoms with van der Waals surface area (Å²) in [6.45, 7) is 3.32.